The molecule has 1 atom stereocenters. The Hall–Kier alpha value is -2.98. The lowest BCUT2D eigenvalue weighted by molar-refractivity contribution is -0.274. The van der Waals surface area contributed by atoms with Gasteiger partial charge in [0.25, 0.3) is 0 Å². The molecule has 2 aromatic rings. The van der Waals surface area contributed by atoms with Gasteiger partial charge in [0.2, 0.25) is 5.69 Å². The van der Waals surface area contributed by atoms with Crippen LogP contribution in [0.2, 0.25) is 0 Å². The van der Waals surface area contributed by atoms with E-state index < -0.39 is 12.3 Å². The minimum Gasteiger partial charge on any atom is -0.476 e. The Bertz CT molecular complexity index is 747. The molecule has 1 unspecified atom stereocenters. The fourth-order valence-corrected chi connectivity index (χ4v) is 2.65. The fourth-order valence-electron chi connectivity index (χ4n) is 2.65. The van der Waals surface area contributed by atoms with Gasteiger partial charge in [-0.25, -0.2) is 4.79 Å². The van der Waals surface area contributed by atoms with E-state index >= 15 is 0 Å². The van der Waals surface area contributed by atoms with Crippen molar-refractivity contribution < 1.29 is 27.8 Å². The Balaban J connectivity index is 1.61. The predicted molar refractivity (Wildman–Crippen MR) is 80.7 cm³/mol. The van der Waals surface area contributed by atoms with Crippen molar-refractivity contribution in [2.24, 2.45) is 0 Å². The second-order valence-corrected chi connectivity index (χ2v) is 5.44. The maximum absolute atomic E-state index is 12.2. The van der Waals surface area contributed by atoms with Crippen LogP contribution >= 0.6 is 0 Å². The number of aromatic carboxylic acids is 1. The van der Waals surface area contributed by atoms with Crippen LogP contribution in [-0.2, 0) is 0 Å². The molecule has 25 heavy (non-hydrogen) atoms. The smallest absolute Gasteiger partial charge is 0.476 e. The van der Waals surface area contributed by atoms with Gasteiger partial charge in [0.05, 0.1) is 0 Å². The van der Waals surface area contributed by atoms with Crippen LogP contribution in [0, 0.1) is 0 Å². The zero-order valence-electron chi connectivity index (χ0n) is 12.7. The molecule has 1 saturated heterocycles. The van der Waals surface area contributed by atoms with Gasteiger partial charge in [-0.1, -0.05) is 0 Å². The SMILES string of the molecule is O=C(O)c1n[nH]nc1NC1CCN(c2ccc(OC(F)(F)F)cc2)C1. The maximum Gasteiger partial charge on any atom is 0.573 e. The first-order valence-electron chi connectivity index (χ1n) is 7.33. The van der Waals surface area contributed by atoms with Gasteiger partial charge in [0.15, 0.2) is 5.82 Å². The molecule has 3 N–H and O–H groups in total. The summed E-state index contributed by atoms with van der Waals surface area (Å²) in [6, 6.07) is 5.53. The van der Waals surface area contributed by atoms with Crippen molar-refractivity contribution in [3.05, 3.63) is 30.0 Å². The maximum atomic E-state index is 12.2. The number of alkyl halides is 3. The number of rotatable bonds is 5. The molecule has 2 heterocycles. The summed E-state index contributed by atoms with van der Waals surface area (Å²) in [6.45, 7) is 1.21. The Kier molecular flexibility index (Phi) is 4.38. The van der Waals surface area contributed by atoms with Crippen LogP contribution in [0.4, 0.5) is 24.7 Å². The number of carboxylic acid groups (broad SMARTS) is 1. The van der Waals surface area contributed by atoms with Crippen LogP contribution in [-0.4, -0.2) is 52.0 Å². The average Bonchev–Trinajstić information content (AvgIpc) is 3.16. The molecule has 0 saturated carbocycles. The highest BCUT2D eigenvalue weighted by molar-refractivity contribution is 5.90. The topological polar surface area (TPSA) is 103 Å². The van der Waals surface area contributed by atoms with Crippen molar-refractivity contribution in [1.82, 2.24) is 15.4 Å². The summed E-state index contributed by atoms with van der Waals surface area (Å²) < 4.78 is 40.3. The second-order valence-electron chi connectivity index (χ2n) is 5.44. The highest BCUT2D eigenvalue weighted by Gasteiger charge is 2.31. The minimum atomic E-state index is -4.72. The van der Waals surface area contributed by atoms with E-state index in [-0.39, 0.29) is 23.3 Å². The van der Waals surface area contributed by atoms with Gasteiger partial charge in [-0.15, -0.1) is 23.4 Å². The molecule has 134 valence electrons. The Morgan fingerprint density at radius 1 is 1.32 bits per heavy atom. The lowest BCUT2D eigenvalue weighted by Gasteiger charge is -2.19. The lowest BCUT2D eigenvalue weighted by Crippen LogP contribution is -2.26. The third-order valence-electron chi connectivity index (χ3n) is 3.72. The molecule has 8 nitrogen and oxygen atoms in total. The van der Waals surface area contributed by atoms with E-state index in [0.29, 0.717) is 19.5 Å². The summed E-state index contributed by atoms with van der Waals surface area (Å²) in [5, 5.41) is 21.6. The standard InChI is InChI=1S/C14H14F3N5O3/c15-14(16,17)25-10-3-1-9(2-4-10)22-6-5-8(7-22)18-12-11(13(23)24)19-21-20-12/h1-4,8H,5-7H2,(H,23,24)(H2,18,19,20,21). The van der Waals surface area contributed by atoms with Crippen LogP contribution in [0.3, 0.4) is 0 Å². The normalized spacial score (nSPS) is 17.6. The lowest BCUT2D eigenvalue weighted by atomic mass is 10.2. The van der Waals surface area contributed by atoms with Gasteiger partial charge in [0.1, 0.15) is 5.75 Å². The molecule has 0 aliphatic carbocycles. The van der Waals surface area contributed by atoms with Crippen molar-refractivity contribution in [3.8, 4) is 5.75 Å². The number of anilines is 2. The highest BCUT2D eigenvalue weighted by Crippen LogP contribution is 2.27. The predicted octanol–water partition coefficient (Wildman–Crippen LogP) is 2.09. The Labute approximate surface area is 139 Å². The molecule has 1 aromatic carbocycles. The van der Waals surface area contributed by atoms with E-state index in [0.717, 1.165) is 5.69 Å². The van der Waals surface area contributed by atoms with Crippen LogP contribution in [0.15, 0.2) is 24.3 Å². The zero-order valence-corrected chi connectivity index (χ0v) is 12.7. The summed E-state index contributed by atoms with van der Waals surface area (Å²) in [7, 11) is 0. The van der Waals surface area contributed by atoms with E-state index in [1.54, 1.807) is 12.1 Å². The first kappa shape index (κ1) is 16.9. The number of aromatic nitrogens is 3. The summed E-state index contributed by atoms with van der Waals surface area (Å²) >= 11 is 0. The highest BCUT2D eigenvalue weighted by atomic mass is 19.4. The van der Waals surface area contributed by atoms with E-state index in [2.05, 4.69) is 25.5 Å². The van der Waals surface area contributed by atoms with Gasteiger partial charge in [-0.05, 0) is 30.7 Å². The number of nitrogens with one attached hydrogen (secondary N) is 2. The third kappa shape index (κ3) is 4.11. The summed E-state index contributed by atoms with van der Waals surface area (Å²) in [4.78, 5) is 13.0. The number of aromatic amines is 1. The molecular weight excluding hydrogens is 343 g/mol. The molecule has 1 fully saturated rings. The van der Waals surface area contributed by atoms with E-state index in [1.165, 1.54) is 12.1 Å². The van der Waals surface area contributed by atoms with E-state index in [9.17, 15) is 18.0 Å². The van der Waals surface area contributed by atoms with Crippen LogP contribution in [0.1, 0.15) is 16.9 Å². The Morgan fingerprint density at radius 2 is 2.04 bits per heavy atom. The zero-order chi connectivity index (χ0) is 18.0. The quantitative estimate of drug-likeness (QED) is 0.753. The molecule has 1 aliphatic rings. The number of carboxylic acids is 1. The number of halogens is 3. The molecule has 1 aliphatic heterocycles. The van der Waals surface area contributed by atoms with E-state index in [4.69, 9.17) is 5.11 Å². The van der Waals surface area contributed by atoms with Gasteiger partial charge < -0.3 is 20.1 Å². The molecular formula is C14H14F3N5O3. The number of hydrogen-bond acceptors (Lipinski definition) is 6. The van der Waals surface area contributed by atoms with Crippen molar-refractivity contribution in [2.75, 3.05) is 23.3 Å². The number of hydrogen-bond donors (Lipinski definition) is 3. The largest absolute Gasteiger partial charge is 0.573 e. The summed E-state index contributed by atoms with van der Waals surface area (Å²) in [5.41, 5.74) is 0.560. The number of ether oxygens (including phenoxy) is 1. The molecule has 0 amide bonds. The number of carbonyl (C=O) groups is 1. The molecule has 0 bridgehead atoms. The number of H-pyrrole nitrogens is 1. The average molecular weight is 357 g/mol. The van der Waals surface area contributed by atoms with Crippen molar-refractivity contribution >= 4 is 17.5 Å². The minimum absolute atomic E-state index is 0.0608. The molecule has 3 rings (SSSR count). The van der Waals surface area contributed by atoms with Crippen LogP contribution in [0.25, 0.3) is 0 Å². The van der Waals surface area contributed by atoms with Crippen LogP contribution in [0.5, 0.6) is 5.75 Å². The molecule has 1 aromatic heterocycles. The van der Waals surface area contributed by atoms with Gasteiger partial charge in [-0.2, -0.15) is 5.21 Å². The van der Waals surface area contributed by atoms with Crippen molar-refractivity contribution in [1.29, 1.82) is 0 Å². The Morgan fingerprint density at radius 3 is 2.68 bits per heavy atom. The monoisotopic (exact) mass is 357 g/mol. The first-order valence-corrected chi connectivity index (χ1v) is 7.33. The summed E-state index contributed by atoms with van der Waals surface area (Å²) in [5.74, 6) is -1.31. The number of nitrogens with zero attached hydrogens (tertiary/aromatic N) is 3. The molecule has 0 radical (unpaired) electrons. The third-order valence-corrected chi connectivity index (χ3v) is 3.72. The van der Waals surface area contributed by atoms with Crippen molar-refractivity contribution in [2.45, 2.75) is 18.8 Å². The van der Waals surface area contributed by atoms with Gasteiger partial charge in [0, 0.05) is 24.8 Å². The molecule has 0 spiro atoms. The number of benzene rings is 1. The van der Waals surface area contributed by atoms with Gasteiger partial charge >= 0.3 is 12.3 Å². The van der Waals surface area contributed by atoms with Crippen molar-refractivity contribution in [3.63, 3.8) is 0 Å². The van der Waals surface area contributed by atoms with Crippen LogP contribution < -0.4 is 15.0 Å². The van der Waals surface area contributed by atoms with E-state index in [1.807, 2.05) is 4.90 Å². The first-order chi connectivity index (χ1) is 11.8. The van der Waals surface area contributed by atoms with Gasteiger partial charge in [-0.3, -0.25) is 0 Å². The summed E-state index contributed by atoms with van der Waals surface area (Å²) in [6.07, 6.45) is -4.00. The fraction of sp³-hybridized carbons (Fsp3) is 0.357. The second kappa shape index (κ2) is 6.49. The molecule has 11 heteroatoms.